The first-order valence-electron chi connectivity index (χ1n) is 8.27. The molecule has 1 aliphatic carbocycles. The smallest absolute Gasteiger partial charge is 0.341 e. The van der Waals surface area contributed by atoms with E-state index < -0.39 is 11.9 Å². The molecule has 0 bridgehead atoms. The molecule has 0 spiro atoms. The molecule has 2 aliphatic rings. The van der Waals surface area contributed by atoms with Crippen LogP contribution in [0.1, 0.15) is 61.9 Å². The van der Waals surface area contributed by atoms with Gasteiger partial charge in [-0.1, -0.05) is 19.3 Å². The number of aryl methyl sites for hydroxylation is 1. The Morgan fingerprint density at radius 1 is 0.773 bits per heavy atom. The molecule has 0 amide bonds. The molecule has 1 saturated heterocycles. The van der Waals surface area contributed by atoms with Gasteiger partial charge in [0.2, 0.25) is 5.95 Å². The Morgan fingerprint density at radius 2 is 1.41 bits per heavy atom. The van der Waals surface area contributed by atoms with Gasteiger partial charge in [-0.15, -0.1) is 0 Å². The Balaban J connectivity index is 2.02. The minimum atomic E-state index is -4.39. The van der Waals surface area contributed by atoms with E-state index >= 15 is 0 Å². The van der Waals surface area contributed by atoms with Crippen molar-refractivity contribution in [3.05, 3.63) is 17.0 Å². The zero-order chi connectivity index (χ0) is 15.6. The summed E-state index contributed by atoms with van der Waals surface area (Å²) in [5.41, 5.74) is 0.265. The van der Waals surface area contributed by atoms with Crippen LogP contribution < -0.4 is 4.90 Å². The lowest BCUT2D eigenvalue weighted by Gasteiger charge is -2.23. The summed E-state index contributed by atoms with van der Waals surface area (Å²) in [5, 5.41) is 0. The fourth-order valence-corrected chi connectivity index (χ4v) is 3.40. The number of fused-ring (bicyclic) bond motifs is 1. The second-order valence-corrected chi connectivity index (χ2v) is 6.26. The third kappa shape index (κ3) is 3.36. The van der Waals surface area contributed by atoms with Crippen molar-refractivity contribution >= 4 is 5.95 Å². The van der Waals surface area contributed by atoms with Crippen LogP contribution >= 0.6 is 0 Å². The number of alkyl halides is 3. The van der Waals surface area contributed by atoms with Gasteiger partial charge in [0.05, 0.1) is 0 Å². The molecule has 6 heteroatoms. The molecule has 122 valence electrons. The van der Waals surface area contributed by atoms with Gasteiger partial charge >= 0.3 is 6.18 Å². The van der Waals surface area contributed by atoms with Gasteiger partial charge in [0, 0.05) is 24.3 Å². The molecule has 1 aromatic rings. The molecular weight excluding hydrogens is 291 g/mol. The third-order valence-corrected chi connectivity index (χ3v) is 4.58. The Hall–Kier alpha value is -1.33. The summed E-state index contributed by atoms with van der Waals surface area (Å²) in [7, 11) is 0. The van der Waals surface area contributed by atoms with Crippen LogP contribution in [0.3, 0.4) is 0 Å². The number of hydrogen-bond acceptors (Lipinski definition) is 3. The number of aromatic nitrogens is 2. The Morgan fingerprint density at radius 3 is 2.09 bits per heavy atom. The zero-order valence-electron chi connectivity index (χ0n) is 12.8. The lowest BCUT2D eigenvalue weighted by molar-refractivity contribution is -0.141. The van der Waals surface area contributed by atoms with Crippen molar-refractivity contribution in [3.8, 4) is 0 Å². The van der Waals surface area contributed by atoms with Gasteiger partial charge in [0.1, 0.15) is 0 Å². The van der Waals surface area contributed by atoms with Crippen molar-refractivity contribution in [1.82, 2.24) is 9.97 Å². The van der Waals surface area contributed by atoms with Crippen molar-refractivity contribution in [2.75, 3.05) is 18.0 Å². The summed E-state index contributed by atoms with van der Waals surface area (Å²) >= 11 is 0. The number of anilines is 1. The molecule has 0 saturated carbocycles. The van der Waals surface area contributed by atoms with Gasteiger partial charge in [-0.2, -0.15) is 13.2 Å². The molecule has 0 N–H and O–H groups in total. The van der Waals surface area contributed by atoms with Crippen LogP contribution in [0.5, 0.6) is 0 Å². The van der Waals surface area contributed by atoms with Crippen LogP contribution in [-0.2, 0) is 19.0 Å². The van der Waals surface area contributed by atoms with Gasteiger partial charge in [-0.3, -0.25) is 0 Å². The van der Waals surface area contributed by atoms with Gasteiger partial charge < -0.3 is 4.90 Å². The fraction of sp³-hybridized carbons (Fsp3) is 0.750. The number of rotatable bonds is 1. The standard InChI is InChI=1S/C16H22F3N3/c17-16(18,19)14-12-8-4-3-5-9-13(12)20-15(21-14)22-10-6-1-2-7-11-22/h1-11H2. The summed E-state index contributed by atoms with van der Waals surface area (Å²) in [6.45, 7) is 1.52. The summed E-state index contributed by atoms with van der Waals surface area (Å²) < 4.78 is 40.3. The van der Waals surface area contributed by atoms with Crippen LogP contribution in [0, 0.1) is 0 Å². The second kappa shape index (κ2) is 6.42. The summed E-state index contributed by atoms with van der Waals surface area (Å²) in [4.78, 5) is 10.4. The third-order valence-electron chi connectivity index (χ3n) is 4.58. The molecule has 0 radical (unpaired) electrons. The van der Waals surface area contributed by atoms with Crippen molar-refractivity contribution in [3.63, 3.8) is 0 Å². The summed E-state index contributed by atoms with van der Waals surface area (Å²) in [5.74, 6) is 0.287. The largest absolute Gasteiger partial charge is 0.433 e. The molecule has 0 aromatic carbocycles. The van der Waals surface area contributed by atoms with Gasteiger partial charge in [0.15, 0.2) is 5.69 Å². The number of hydrogen-bond donors (Lipinski definition) is 0. The Bertz CT molecular complexity index is 520. The molecule has 2 heterocycles. The normalized spacial score (nSPS) is 20.2. The molecule has 0 atom stereocenters. The van der Waals surface area contributed by atoms with E-state index in [-0.39, 0.29) is 5.95 Å². The van der Waals surface area contributed by atoms with Crippen molar-refractivity contribution in [2.45, 2.75) is 64.0 Å². The van der Waals surface area contributed by atoms with Crippen LogP contribution in [0.25, 0.3) is 0 Å². The highest BCUT2D eigenvalue weighted by Gasteiger charge is 2.38. The van der Waals surface area contributed by atoms with E-state index in [0.717, 1.165) is 58.0 Å². The molecule has 1 aliphatic heterocycles. The average Bonchev–Trinajstić information content (AvgIpc) is 2.87. The second-order valence-electron chi connectivity index (χ2n) is 6.26. The SMILES string of the molecule is FC(F)(F)c1nc(N2CCCCCC2)nc2c1CCCCC2. The highest BCUT2D eigenvalue weighted by atomic mass is 19.4. The zero-order valence-corrected chi connectivity index (χ0v) is 12.8. The number of nitrogens with zero attached hydrogens (tertiary/aromatic N) is 3. The van der Waals surface area contributed by atoms with Crippen molar-refractivity contribution < 1.29 is 13.2 Å². The molecule has 3 rings (SSSR count). The van der Waals surface area contributed by atoms with Crippen molar-refractivity contribution in [2.24, 2.45) is 0 Å². The molecule has 1 aromatic heterocycles. The first-order chi connectivity index (χ1) is 10.6. The number of halogens is 3. The van der Waals surface area contributed by atoms with Gasteiger partial charge in [-0.25, -0.2) is 9.97 Å². The van der Waals surface area contributed by atoms with Crippen LogP contribution in [0.2, 0.25) is 0 Å². The van der Waals surface area contributed by atoms with Crippen LogP contribution in [-0.4, -0.2) is 23.1 Å². The monoisotopic (exact) mass is 313 g/mol. The minimum absolute atomic E-state index is 0.287. The van der Waals surface area contributed by atoms with E-state index in [9.17, 15) is 13.2 Å². The summed E-state index contributed by atoms with van der Waals surface area (Å²) in [6, 6.07) is 0. The van der Waals surface area contributed by atoms with Crippen molar-refractivity contribution in [1.29, 1.82) is 0 Å². The van der Waals surface area contributed by atoms with E-state index in [1.807, 2.05) is 4.90 Å². The lowest BCUT2D eigenvalue weighted by atomic mass is 10.1. The van der Waals surface area contributed by atoms with E-state index in [4.69, 9.17) is 0 Å². The Kier molecular flexibility index (Phi) is 4.54. The van der Waals surface area contributed by atoms with E-state index in [1.165, 1.54) is 0 Å². The van der Waals surface area contributed by atoms with E-state index in [2.05, 4.69) is 9.97 Å². The topological polar surface area (TPSA) is 29.0 Å². The predicted octanol–water partition coefficient (Wildman–Crippen LogP) is 4.14. The predicted molar refractivity (Wildman–Crippen MR) is 79.0 cm³/mol. The maximum absolute atomic E-state index is 13.4. The first-order valence-corrected chi connectivity index (χ1v) is 8.27. The van der Waals surface area contributed by atoms with Gasteiger partial charge in [0.25, 0.3) is 0 Å². The first kappa shape index (κ1) is 15.6. The van der Waals surface area contributed by atoms with Crippen LogP contribution in [0.4, 0.5) is 19.1 Å². The quantitative estimate of drug-likeness (QED) is 0.730. The van der Waals surface area contributed by atoms with E-state index in [0.29, 0.717) is 24.1 Å². The van der Waals surface area contributed by atoms with Crippen LogP contribution in [0.15, 0.2) is 0 Å². The highest BCUT2D eigenvalue weighted by Crippen LogP contribution is 2.35. The highest BCUT2D eigenvalue weighted by molar-refractivity contribution is 5.39. The minimum Gasteiger partial charge on any atom is -0.341 e. The maximum atomic E-state index is 13.4. The van der Waals surface area contributed by atoms with Gasteiger partial charge in [-0.05, 0) is 38.5 Å². The fourth-order valence-electron chi connectivity index (χ4n) is 3.40. The molecular formula is C16H22F3N3. The lowest BCUT2D eigenvalue weighted by Crippen LogP contribution is -2.28. The Labute approximate surface area is 128 Å². The maximum Gasteiger partial charge on any atom is 0.433 e. The molecule has 3 nitrogen and oxygen atoms in total. The van der Waals surface area contributed by atoms with E-state index in [1.54, 1.807) is 0 Å². The molecule has 1 fully saturated rings. The molecule has 22 heavy (non-hydrogen) atoms. The molecule has 0 unspecified atom stereocenters. The average molecular weight is 313 g/mol. The summed E-state index contributed by atoms with van der Waals surface area (Å²) in [6.07, 6.45) is 3.64.